The predicted octanol–water partition coefficient (Wildman–Crippen LogP) is 2.64. The van der Waals surface area contributed by atoms with E-state index < -0.39 is 0 Å². The molecular formula is C18H27N3O2. The van der Waals surface area contributed by atoms with Gasteiger partial charge in [-0.1, -0.05) is 13.0 Å². The Labute approximate surface area is 138 Å². The van der Waals surface area contributed by atoms with E-state index in [1.807, 2.05) is 24.0 Å². The van der Waals surface area contributed by atoms with Crippen LogP contribution in [0, 0.1) is 0 Å². The average molecular weight is 317 g/mol. The molecule has 1 aromatic rings. The summed E-state index contributed by atoms with van der Waals surface area (Å²) in [6, 6.07) is 7.60. The van der Waals surface area contributed by atoms with Crippen molar-refractivity contribution in [1.82, 2.24) is 10.2 Å². The van der Waals surface area contributed by atoms with Crippen LogP contribution in [0.1, 0.15) is 49.9 Å². The standard InChI is InChI=1S/C18H27N3O2/c1-3-10-19-18(23)15-8-6-9-16(12-15)20-13-17(22)21-11-5-4-7-14(21)2/h6,8-9,12,14,20H,3-5,7,10-11,13H2,1-2H3,(H,19,23). The number of carbonyl (C=O) groups is 2. The quantitative estimate of drug-likeness (QED) is 0.848. The van der Waals surface area contributed by atoms with E-state index in [0.717, 1.165) is 31.5 Å². The van der Waals surface area contributed by atoms with Gasteiger partial charge in [-0.3, -0.25) is 9.59 Å². The minimum absolute atomic E-state index is 0.0773. The largest absolute Gasteiger partial charge is 0.376 e. The third-order valence-corrected chi connectivity index (χ3v) is 4.23. The number of likely N-dealkylation sites (tertiary alicyclic amines) is 1. The second-order valence-corrected chi connectivity index (χ2v) is 6.12. The molecule has 126 valence electrons. The maximum Gasteiger partial charge on any atom is 0.251 e. The monoisotopic (exact) mass is 317 g/mol. The molecule has 5 nitrogen and oxygen atoms in total. The Balaban J connectivity index is 1.90. The molecule has 1 aliphatic rings. The molecular weight excluding hydrogens is 290 g/mol. The van der Waals surface area contributed by atoms with Crippen molar-refractivity contribution in [2.45, 2.75) is 45.6 Å². The molecule has 0 radical (unpaired) electrons. The highest BCUT2D eigenvalue weighted by atomic mass is 16.2. The summed E-state index contributed by atoms with van der Waals surface area (Å²) in [6.07, 6.45) is 4.28. The third-order valence-electron chi connectivity index (χ3n) is 4.23. The Morgan fingerprint density at radius 1 is 1.30 bits per heavy atom. The molecule has 0 bridgehead atoms. The maximum atomic E-state index is 12.3. The van der Waals surface area contributed by atoms with Gasteiger partial charge in [0.05, 0.1) is 6.54 Å². The first-order valence-corrected chi connectivity index (χ1v) is 8.53. The van der Waals surface area contributed by atoms with Gasteiger partial charge in [0, 0.05) is 30.4 Å². The summed E-state index contributed by atoms with van der Waals surface area (Å²) in [6.45, 7) is 5.91. The van der Waals surface area contributed by atoms with Gasteiger partial charge in [0.2, 0.25) is 5.91 Å². The van der Waals surface area contributed by atoms with Crippen molar-refractivity contribution in [2.24, 2.45) is 0 Å². The molecule has 2 N–H and O–H groups in total. The van der Waals surface area contributed by atoms with E-state index in [4.69, 9.17) is 0 Å². The van der Waals surface area contributed by atoms with Crippen molar-refractivity contribution >= 4 is 17.5 Å². The number of benzene rings is 1. The van der Waals surface area contributed by atoms with Crippen LogP contribution in [-0.4, -0.2) is 42.4 Å². The fourth-order valence-corrected chi connectivity index (χ4v) is 2.86. The highest BCUT2D eigenvalue weighted by molar-refractivity contribution is 5.95. The Hall–Kier alpha value is -2.04. The van der Waals surface area contributed by atoms with Crippen molar-refractivity contribution in [3.8, 4) is 0 Å². The lowest BCUT2D eigenvalue weighted by atomic mass is 10.0. The molecule has 0 spiro atoms. The van der Waals surface area contributed by atoms with Gasteiger partial charge in [0.25, 0.3) is 5.91 Å². The normalized spacial score (nSPS) is 17.7. The van der Waals surface area contributed by atoms with E-state index in [2.05, 4.69) is 17.6 Å². The fraction of sp³-hybridized carbons (Fsp3) is 0.556. The number of anilines is 1. The van der Waals surface area contributed by atoms with Crippen LogP contribution in [0.5, 0.6) is 0 Å². The SMILES string of the molecule is CCCNC(=O)c1cccc(NCC(=O)N2CCCCC2C)c1. The van der Waals surface area contributed by atoms with E-state index >= 15 is 0 Å². The van der Waals surface area contributed by atoms with Crippen LogP contribution >= 0.6 is 0 Å². The summed E-state index contributed by atoms with van der Waals surface area (Å²) < 4.78 is 0. The van der Waals surface area contributed by atoms with Crippen molar-refractivity contribution in [3.63, 3.8) is 0 Å². The number of nitrogens with one attached hydrogen (secondary N) is 2. The molecule has 1 heterocycles. The van der Waals surface area contributed by atoms with Crippen molar-refractivity contribution in [3.05, 3.63) is 29.8 Å². The lowest BCUT2D eigenvalue weighted by molar-refractivity contribution is -0.132. The number of hydrogen-bond acceptors (Lipinski definition) is 3. The van der Waals surface area contributed by atoms with Crippen LogP contribution < -0.4 is 10.6 Å². The molecule has 1 aliphatic heterocycles. The van der Waals surface area contributed by atoms with Crippen molar-refractivity contribution in [1.29, 1.82) is 0 Å². The minimum Gasteiger partial charge on any atom is -0.376 e. The summed E-state index contributed by atoms with van der Waals surface area (Å²) in [5, 5.41) is 6.00. The summed E-state index contributed by atoms with van der Waals surface area (Å²) in [4.78, 5) is 26.2. The van der Waals surface area contributed by atoms with Crippen LogP contribution in [-0.2, 0) is 4.79 Å². The lowest BCUT2D eigenvalue weighted by Gasteiger charge is -2.33. The minimum atomic E-state index is -0.0773. The smallest absolute Gasteiger partial charge is 0.251 e. The van der Waals surface area contributed by atoms with Crippen LogP contribution in [0.4, 0.5) is 5.69 Å². The third kappa shape index (κ3) is 4.98. The van der Waals surface area contributed by atoms with Gasteiger partial charge in [-0.2, -0.15) is 0 Å². The number of piperidine rings is 1. The first kappa shape index (κ1) is 17.3. The molecule has 1 saturated heterocycles. The molecule has 5 heteroatoms. The van der Waals surface area contributed by atoms with Crippen LogP contribution in [0.25, 0.3) is 0 Å². The molecule has 2 rings (SSSR count). The van der Waals surface area contributed by atoms with Crippen LogP contribution in [0.3, 0.4) is 0 Å². The Bertz CT molecular complexity index is 545. The van der Waals surface area contributed by atoms with Gasteiger partial charge in [-0.25, -0.2) is 0 Å². The van der Waals surface area contributed by atoms with Crippen molar-refractivity contribution < 1.29 is 9.59 Å². The van der Waals surface area contributed by atoms with E-state index in [-0.39, 0.29) is 18.4 Å². The predicted molar refractivity (Wildman–Crippen MR) is 92.6 cm³/mol. The van der Waals surface area contributed by atoms with Crippen LogP contribution in [0.15, 0.2) is 24.3 Å². The molecule has 1 unspecified atom stereocenters. The maximum absolute atomic E-state index is 12.3. The topological polar surface area (TPSA) is 61.4 Å². The Kier molecular flexibility index (Phi) is 6.44. The average Bonchev–Trinajstić information content (AvgIpc) is 2.58. The highest BCUT2D eigenvalue weighted by Crippen LogP contribution is 2.17. The zero-order valence-electron chi connectivity index (χ0n) is 14.1. The van der Waals surface area contributed by atoms with E-state index in [1.54, 1.807) is 12.1 Å². The van der Waals surface area contributed by atoms with Gasteiger partial charge in [-0.15, -0.1) is 0 Å². The second kappa shape index (κ2) is 8.56. The molecule has 0 aliphatic carbocycles. The summed E-state index contributed by atoms with van der Waals surface area (Å²) in [5.74, 6) is 0.0458. The second-order valence-electron chi connectivity index (χ2n) is 6.12. The van der Waals surface area contributed by atoms with Gasteiger partial charge in [0.15, 0.2) is 0 Å². The van der Waals surface area contributed by atoms with Gasteiger partial charge >= 0.3 is 0 Å². The Morgan fingerprint density at radius 3 is 2.87 bits per heavy atom. The van der Waals surface area contributed by atoms with E-state index in [1.165, 1.54) is 6.42 Å². The first-order valence-electron chi connectivity index (χ1n) is 8.53. The zero-order chi connectivity index (χ0) is 16.7. The lowest BCUT2D eigenvalue weighted by Crippen LogP contribution is -2.44. The molecule has 2 amide bonds. The van der Waals surface area contributed by atoms with E-state index in [9.17, 15) is 9.59 Å². The molecule has 0 aromatic heterocycles. The summed E-state index contributed by atoms with van der Waals surface area (Å²) >= 11 is 0. The highest BCUT2D eigenvalue weighted by Gasteiger charge is 2.22. The van der Waals surface area contributed by atoms with E-state index in [0.29, 0.717) is 18.2 Å². The molecule has 23 heavy (non-hydrogen) atoms. The van der Waals surface area contributed by atoms with Crippen LogP contribution in [0.2, 0.25) is 0 Å². The molecule has 1 atom stereocenters. The number of carbonyl (C=O) groups excluding carboxylic acids is 2. The van der Waals surface area contributed by atoms with Crippen molar-refractivity contribution in [2.75, 3.05) is 25.0 Å². The first-order chi connectivity index (χ1) is 11.1. The number of hydrogen-bond donors (Lipinski definition) is 2. The summed E-state index contributed by atoms with van der Waals surface area (Å²) in [7, 11) is 0. The zero-order valence-corrected chi connectivity index (χ0v) is 14.1. The number of amides is 2. The summed E-state index contributed by atoms with van der Waals surface area (Å²) in [5.41, 5.74) is 1.41. The van der Waals surface area contributed by atoms with Gasteiger partial charge in [0.1, 0.15) is 0 Å². The fourth-order valence-electron chi connectivity index (χ4n) is 2.86. The molecule has 1 aromatic carbocycles. The van der Waals surface area contributed by atoms with Gasteiger partial charge in [-0.05, 0) is 50.8 Å². The van der Waals surface area contributed by atoms with Gasteiger partial charge < -0.3 is 15.5 Å². The molecule has 0 saturated carbocycles. The molecule has 1 fully saturated rings. The number of rotatable bonds is 6. The Morgan fingerprint density at radius 2 is 2.13 bits per heavy atom. The number of nitrogens with zero attached hydrogens (tertiary/aromatic N) is 1.